The van der Waals surface area contributed by atoms with E-state index in [4.69, 9.17) is 9.47 Å². The topological polar surface area (TPSA) is 35.5 Å². The molecule has 0 aliphatic rings. The van der Waals surface area contributed by atoms with Crippen LogP contribution in [0.15, 0.2) is 0 Å². The van der Waals surface area contributed by atoms with Crippen molar-refractivity contribution in [3.05, 3.63) is 0 Å². The standard InChI is InChI=1S/C7H13O3.Sn.H/c1-3-7(8)10-6-5-9-4-2;;/h1,3-6H2,2H3;;. The van der Waals surface area contributed by atoms with E-state index in [1.54, 1.807) is 0 Å². The molecule has 2 radical (unpaired) electrons. The minimum absolute atomic E-state index is 0.0997. The Morgan fingerprint density at radius 1 is 1.45 bits per heavy atom. The van der Waals surface area contributed by atoms with Gasteiger partial charge in [0.2, 0.25) is 0 Å². The molecule has 0 fully saturated rings. The van der Waals surface area contributed by atoms with Crippen LogP contribution in [0.3, 0.4) is 0 Å². The molecule has 3 nitrogen and oxygen atoms in total. The summed E-state index contributed by atoms with van der Waals surface area (Å²) in [6, 6.07) is 0. The van der Waals surface area contributed by atoms with Gasteiger partial charge >= 0.3 is 80.4 Å². The molecule has 0 aromatic rings. The fourth-order valence-electron chi connectivity index (χ4n) is 0.549. The fraction of sp³-hybridized carbons (Fsp3) is 0.857. The second-order valence-corrected chi connectivity index (χ2v) is 3.60. The van der Waals surface area contributed by atoms with Crippen molar-refractivity contribution in [3.63, 3.8) is 0 Å². The van der Waals surface area contributed by atoms with Crippen molar-refractivity contribution in [2.45, 2.75) is 17.8 Å². The summed E-state index contributed by atoms with van der Waals surface area (Å²) < 4.78 is 10.8. The van der Waals surface area contributed by atoms with Gasteiger partial charge in [0.15, 0.2) is 0 Å². The Morgan fingerprint density at radius 3 is 2.73 bits per heavy atom. The van der Waals surface area contributed by atoms with E-state index in [1.807, 2.05) is 6.92 Å². The Kier molecular flexibility index (Phi) is 8.50. The number of ether oxygens (including phenoxy) is 2. The molecule has 0 heterocycles. The van der Waals surface area contributed by atoms with Crippen molar-refractivity contribution in [3.8, 4) is 0 Å². The van der Waals surface area contributed by atoms with Gasteiger partial charge in [-0.1, -0.05) is 0 Å². The average Bonchev–Trinajstić information content (AvgIpc) is 1.99. The molecule has 0 bridgehead atoms. The molecule has 0 aromatic carbocycles. The van der Waals surface area contributed by atoms with Gasteiger partial charge in [0.05, 0.1) is 0 Å². The number of esters is 1. The molecule has 0 saturated heterocycles. The number of carbonyl (C=O) groups excluding carboxylic acids is 1. The van der Waals surface area contributed by atoms with Gasteiger partial charge in [-0.25, -0.2) is 0 Å². The Balaban J connectivity index is 3.04. The predicted octanol–water partition coefficient (Wildman–Crippen LogP) is 0.275. The van der Waals surface area contributed by atoms with Crippen LogP contribution < -0.4 is 0 Å². The second kappa shape index (κ2) is 8.33. The van der Waals surface area contributed by atoms with Crippen molar-refractivity contribution >= 4 is 28.5 Å². The predicted molar refractivity (Wildman–Crippen MR) is 44.0 cm³/mol. The minimum atomic E-state index is -0.0997. The summed E-state index contributed by atoms with van der Waals surface area (Å²) in [7, 11) is 0. The molecular formula is C7H14O3Sn. The first-order valence-electron chi connectivity index (χ1n) is 3.74. The maximum atomic E-state index is 10.7. The van der Waals surface area contributed by atoms with Gasteiger partial charge in [-0.2, -0.15) is 0 Å². The Hall–Kier alpha value is 0.229. The molecule has 0 amide bonds. The molecule has 0 spiro atoms. The summed E-state index contributed by atoms with van der Waals surface area (Å²) in [5, 5.41) is 0. The van der Waals surface area contributed by atoms with Crippen molar-refractivity contribution in [1.82, 2.24) is 0 Å². The SMILES string of the molecule is CCOCCOC(=O)C[CH2][SnH]. The molecule has 4 heteroatoms. The third-order valence-electron chi connectivity index (χ3n) is 1.04. The van der Waals surface area contributed by atoms with Crippen LogP contribution in [0.25, 0.3) is 0 Å². The van der Waals surface area contributed by atoms with Crippen molar-refractivity contribution < 1.29 is 14.3 Å². The van der Waals surface area contributed by atoms with Crippen molar-refractivity contribution in [2.24, 2.45) is 0 Å². The summed E-state index contributed by atoms with van der Waals surface area (Å²) in [6.45, 7) is 3.51. The summed E-state index contributed by atoms with van der Waals surface area (Å²) in [5.41, 5.74) is 0. The van der Waals surface area contributed by atoms with Crippen LogP contribution in [-0.4, -0.2) is 48.3 Å². The first-order valence-corrected chi connectivity index (χ1v) is 6.07. The van der Waals surface area contributed by atoms with E-state index in [1.165, 1.54) is 0 Å². The molecule has 0 atom stereocenters. The molecule has 0 rings (SSSR count). The summed E-state index contributed by atoms with van der Waals surface area (Å²) in [6.07, 6.45) is 0.564. The first kappa shape index (κ1) is 11.2. The third-order valence-corrected chi connectivity index (χ3v) is 1.87. The van der Waals surface area contributed by atoms with Gasteiger partial charge in [0.25, 0.3) is 0 Å². The number of rotatable bonds is 6. The van der Waals surface area contributed by atoms with Gasteiger partial charge in [-0.3, -0.25) is 0 Å². The Bertz CT molecular complexity index is 106. The van der Waals surface area contributed by atoms with Gasteiger partial charge in [-0.15, -0.1) is 0 Å². The molecule has 0 N–H and O–H groups in total. The quantitative estimate of drug-likeness (QED) is 0.393. The van der Waals surface area contributed by atoms with E-state index in [2.05, 4.69) is 0 Å². The van der Waals surface area contributed by atoms with Crippen LogP contribution in [-0.2, 0) is 14.3 Å². The van der Waals surface area contributed by atoms with Gasteiger partial charge in [0, 0.05) is 0 Å². The zero-order valence-electron chi connectivity index (χ0n) is 6.84. The summed E-state index contributed by atoms with van der Waals surface area (Å²) >= 11 is 1.12. The summed E-state index contributed by atoms with van der Waals surface area (Å²) in [4.78, 5) is 10.7. The van der Waals surface area contributed by atoms with E-state index in [0.29, 0.717) is 26.2 Å². The molecule has 0 aromatic heterocycles. The second-order valence-electron chi connectivity index (χ2n) is 1.96. The van der Waals surface area contributed by atoms with Gasteiger partial charge in [-0.05, 0) is 0 Å². The zero-order chi connectivity index (χ0) is 8.53. The molecule has 0 aliphatic carbocycles. The first-order chi connectivity index (χ1) is 5.31. The number of hydrogen-bond acceptors (Lipinski definition) is 3. The molecular weight excluding hydrogens is 251 g/mol. The van der Waals surface area contributed by atoms with E-state index in [-0.39, 0.29) is 5.97 Å². The molecule has 0 unspecified atom stereocenters. The third kappa shape index (κ3) is 8.13. The van der Waals surface area contributed by atoms with Crippen LogP contribution >= 0.6 is 0 Å². The van der Waals surface area contributed by atoms with E-state index < -0.39 is 0 Å². The van der Waals surface area contributed by atoms with Crippen LogP contribution in [0.4, 0.5) is 0 Å². The van der Waals surface area contributed by atoms with E-state index in [9.17, 15) is 4.79 Å². The molecule has 11 heavy (non-hydrogen) atoms. The number of carbonyl (C=O) groups is 1. The monoisotopic (exact) mass is 266 g/mol. The summed E-state index contributed by atoms with van der Waals surface area (Å²) in [5.74, 6) is -0.0997. The van der Waals surface area contributed by atoms with Crippen LogP contribution in [0.1, 0.15) is 13.3 Å². The van der Waals surface area contributed by atoms with E-state index in [0.717, 1.165) is 27.0 Å². The van der Waals surface area contributed by atoms with Crippen LogP contribution in [0.5, 0.6) is 0 Å². The zero-order valence-corrected chi connectivity index (χ0v) is 10.1. The number of hydrogen-bond donors (Lipinski definition) is 0. The van der Waals surface area contributed by atoms with Gasteiger partial charge < -0.3 is 0 Å². The van der Waals surface area contributed by atoms with E-state index >= 15 is 0 Å². The van der Waals surface area contributed by atoms with Crippen LogP contribution in [0.2, 0.25) is 4.44 Å². The molecule has 0 aliphatic heterocycles. The van der Waals surface area contributed by atoms with Gasteiger partial charge in [0.1, 0.15) is 0 Å². The van der Waals surface area contributed by atoms with Crippen LogP contribution in [0, 0.1) is 0 Å². The normalized spacial score (nSPS) is 9.64. The average molecular weight is 265 g/mol. The van der Waals surface area contributed by atoms with Crippen molar-refractivity contribution in [1.29, 1.82) is 0 Å². The fourth-order valence-corrected chi connectivity index (χ4v) is 1.22. The Morgan fingerprint density at radius 2 is 2.18 bits per heavy atom. The molecule has 0 saturated carbocycles. The Labute approximate surface area is 80.5 Å². The maximum absolute atomic E-state index is 10.7. The molecule has 64 valence electrons. The van der Waals surface area contributed by atoms with Crippen molar-refractivity contribution in [2.75, 3.05) is 19.8 Å².